The zero-order chi connectivity index (χ0) is 12.3. The summed E-state index contributed by atoms with van der Waals surface area (Å²) in [6.45, 7) is 3.68. The van der Waals surface area contributed by atoms with Crippen molar-refractivity contribution in [3.63, 3.8) is 0 Å². The molecule has 0 aromatic heterocycles. The predicted octanol–water partition coefficient (Wildman–Crippen LogP) is 2.93. The summed E-state index contributed by atoms with van der Waals surface area (Å²) < 4.78 is 40.7. The van der Waals surface area contributed by atoms with Crippen molar-refractivity contribution in [1.82, 2.24) is 0 Å². The van der Waals surface area contributed by atoms with Crippen LogP contribution in [0.15, 0.2) is 23.1 Å². The lowest BCUT2D eigenvalue weighted by Crippen LogP contribution is -2.11. The maximum absolute atomic E-state index is 12.9. The summed E-state index contributed by atoms with van der Waals surface area (Å²) in [5.74, 6) is -0.596. The highest BCUT2D eigenvalue weighted by molar-refractivity contribution is 8.13. The van der Waals surface area contributed by atoms with E-state index in [1.54, 1.807) is 6.92 Å². The molecule has 0 amide bonds. The van der Waals surface area contributed by atoms with Gasteiger partial charge in [-0.2, -0.15) is 0 Å². The minimum Gasteiger partial charge on any atom is -0.489 e. The van der Waals surface area contributed by atoms with Crippen LogP contribution in [-0.4, -0.2) is 14.5 Å². The number of hydrogen-bond acceptors (Lipinski definition) is 3. The fraction of sp³-hybridized carbons (Fsp3) is 0.400. The van der Waals surface area contributed by atoms with Crippen LogP contribution < -0.4 is 4.74 Å². The molecule has 0 saturated heterocycles. The summed E-state index contributed by atoms with van der Waals surface area (Å²) in [7, 11) is 1.19. The molecule has 0 aliphatic heterocycles. The Labute approximate surface area is 98.6 Å². The number of rotatable bonds is 4. The molecule has 0 aliphatic carbocycles. The lowest BCUT2D eigenvalue weighted by atomic mass is 10.3. The molecule has 0 bridgehead atoms. The van der Waals surface area contributed by atoms with Crippen LogP contribution in [0.4, 0.5) is 4.39 Å². The molecule has 0 aliphatic rings. The van der Waals surface area contributed by atoms with E-state index >= 15 is 0 Å². The van der Waals surface area contributed by atoms with Gasteiger partial charge in [-0.3, -0.25) is 0 Å². The molecule has 1 rings (SSSR count). The van der Waals surface area contributed by atoms with Gasteiger partial charge in [-0.05, 0) is 31.5 Å². The van der Waals surface area contributed by atoms with Gasteiger partial charge in [0.25, 0.3) is 9.05 Å². The van der Waals surface area contributed by atoms with E-state index in [0.717, 1.165) is 12.1 Å². The van der Waals surface area contributed by atoms with Gasteiger partial charge in [0.2, 0.25) is 0 Å². The van der Waals surface area contributed by atoms with Gasteiger partial charge in [0.1, 0.15) is 16.5 Å². The van der Waals surface area contributed by atoms with Crippen LogP contribution in [0.1, 0.15) is 20.3 Å². The normalized spacial score (nSPS) is 13.5. The van der Waals surface area contributed by atoms with Crippen LogP contribution in [0.25, 0.3) is 0 Å². The topological polar surface area (TPSA) is 43.4 Å². The maximum Gasteiger partial charge on any atom is 0.265 e. The highest BCUT2D eigenvalue weighted by Gasteiger charge is 2.19. The van der Waals surface area contributed by atoms with Crippen LogP contribution >= 0.6 is 10.7 Å². The lowest BCUT2D eigenvalue weighted by molar-refractivity contribution is 0.211. The first-order chi connectivity index (χ1) is 7.34. The van der Waals surface area contributed by atoms with Crippen molar-refractivity contribution in [2.75, 3.05) is 0 Å². The van der Waals surface area contributed by atoms with Crippen LogP contribution in [-0.2, 0) is 9.05 Å². The highest BCUT2D eigenvalue weighted by atomic mass is 35.7. The molecule has 1 atom stereocenters. The average molecular weight is 267 g/mol. The van der Waals surface area contributed by atoms with Gasteiger partial charge in [0, 0.05) is 10.7 Å². The fourth-order valence-corrected chi connectivity index (χ4v) is 2.04. The van der Waals surface area contributed by atoms with E-state index in [0.29, 0.717) is 6.42 Å². The summed E-state index contributed by atoms with van der Waals surface area (Å²) in [6, 6.07) is 3.24. The second kappa shape index (κ2) is 5.01. The van der Waals surface area contributed by atoms with Crippen LogP contribution in [0.3, 0.4) is 0 Å². The molecule has 0 fully saturated rings. The number of halogens is 2. The number of hydrogen-bond donors (Lipinski definition) is 0. The van der Waals surface area contributed by atoms with Gasteiger partial charge in [-0.15, -0.1) is 0 Å². The Balaban J connectivity index is 3.19. The third-order valence-electron chi connectivity index (χ3n) is 2.07. The molecule has 90 valence electrons. The van der Waals surface area contributed by atoms with Gasteiger partial charge in [0.05, 0.1) is 6.10 Å². The predicted molar refractivity (Wildman–Crippen MR) is 59.8 cm³/mol. The van der Waals surface area contributed by atoms with Gasteiger partial charge in [-0.25, -0.2) is 12.8 Å². The minimum absolute atomic E-state index is 0.0748. The van der Waals surface area contributed by atoms with Gasteiger partial charge in [-0.1, -0.05) is 6.92 Å². The van der Waals surface area contributed by atoms with E-state index in [-0.39, 0.29) is 16.7 Å². The van der Waals surface area contributed by atoms with E-state index in [9.17, 15) is 12.8 Å². The first kappa shape index (κ1) is 13.3. The van der Waals surface area contributed by atoms with E-state index in [2.05, 4.69) is 0 Å². The summed E-state index contributed by atoms with van der Waals surface area (Å²) in [5, 5.41) is 0. The molecular weight excluding hydrogens is 255 g/mol. The lowest BCUT2D eigenvalue weighted by Gasteiger charge is -2.14. The highest BCUT2D eigenvalue weighted by Crippen LogP contribution is 2.28. The Morgan fingerprint density at radius 3 is 2.62 bits per heavy atom. The first-order valence-electron chi connectivity index (χ1n) is 4.75. The molecule has 1 unspecified atom stereocenters. The number of ether oxygens (including phenoxy) is 1. The molecule has 1 aromatic carbocycles. The zero-order valence-corrected chi connectivity index (χ0v) is 10.5. The van der Waals surface area contributed by atoms with E-state index in [1.165, 1.54) is 6.07 Å². The summed E-state index contributed by atoms with van der Waals surface area (Å²) in [4.78, 5) is -0.338. The third kappa shape index (κ3) is 3.35. The summed E-state index contributed by atoms with van der Waals surface area (Å²) in [6.07, 6.45) is 0.543. The molecule has 0 heterocycles. The Morgan fingerprint density at radius 1 is 1.50 bits per heavy atom. The van der Waals surface area contributed by atoms with Crippen molar-refractivity contribution in [2.45, 2.75) is 31.3 Å². The molecular formula is C10H12ClFO3S. The quantitative estimate of drug-likeness (QED) is 0.787. The van der Waals surface area contributed by atoms with E-state index in [4.69, 9.17) is 15.4 Å². The maximum atomic E-state index is 12.9. The minimum atomic E-state index is -4.00. The van der Waals surface area contributed by atoms with Gasteiger partial charge in [0.15, 0.2) is 0 Å². The zero-order valence-electron chi connectivity index (χ0n) is 8.91. The van der Waals surface area contributed by atoms with E-state index in [1.807, 2.05) is 6.92 Å². The van der Waals surface area contributed by atoms with Crippen molar-refractivity contribution >= 4 is 19.7 Å². The third-order valence-corrected chi connectivity index (χ3v) is 3.41. The van der Waals surface area contributed by atoms with Gasteiger partial charge < -0.3 is 4.74 Å². The molecule has 16 heavy (non-hydrogen) atoms. The van der Waals surface area contributed by atoms with Crippen molar-refractivity contribution in [2.24, 2.45) is 0 Å². The van der Waals surface area contributed by atoms with Crippen LogP contribution in [0, 0.1) is 5.82 Å². The average Bonchev–Trinajstić information content (AvgIpc) is 2.19. The van der Waals surface area contributed by atoms with Crippen LogP contribution in [0.5, 0.6) is 5.75 Å². The standard InChI is InChI=1S/C10H12ClFO3S/c1-3-7(2)15-9-5-4-8(12)6-10(9)16(11,13)14/h4-7H,3H2,1-2H3. The molecule has 6 heteroatoms. The Morgan fingerprint density at radius 2 is 2.12 bits per heavy atom. The van der Waals surface area contributed by atoms with Crippen molar-refractivity contribution in [3.05, 3.63) is 24.0 Å². The van der Waals surface area contributed by atoms with E-state index < -0.39 is 14.9 Å². The van der Waals surface area contributed by atoms with Gasteiger partial charge >= 0.3 is 0 Å². The Bertz CT molecular complexity index is 473. The molecule has 0 spiro atoms. The molecule has 1 aromatic rings. The second-order valence-electron chi connectivity index (χ2n) is 3.37. The Hall–Kier alpha value is -0.810. The summed E-state index contributed by atoms with van der Waals surface area (Å²) >= 11 is 0. The smallest absolute Gasteiger partial charge is 0.265 e. The molecule has 0 saturated carbocycles. The van der Waals surface area contributed by atoms with Crippen molar-refractivity contribution in [3.8, 4) is 5.75 Å². The SMILES string of the molecule is CCC(C)Oc1ccc(F)cc1S(=O)(=O)Cl. The monoisotopic (exact) mass is 266 g/mol. The van der Waals surface area contributed by atoms with Crippen molar-refractivity contribution < 1.29 is 17.5 Å². The molecule has 0 N–H and O–H groups in total. The fourth-order valence-electron chi connectivity index (χ4n) is 1.07. The first-order valence-corrected chi connectivity index (χ1v) is 7.06. The largest absolute Gasteiger partial charge is 0.489 e. The summed E-state index contributed by atoms with van der Waals surface area (Å²) in [5.41, 5.74) is 0. The van der Waals surface area contributed by atoms with Crippen LogP contribution in [0.2, 0.25) is 0 Å². The number of benzene rings is 1. The second-order valence-corrected chi connectivity index (χ2v) is 5.90. The Kier molecular flexibility index (Phi) is 4.15. The molecule has 3 nitrogen and oxygen atoms in total. The van der Waals surface area contributed by atoms with Crippen molar-refractivity contribution in [1.29, 1.82) is 0 Å². The molecule has 0 radical (unpaired) electrons.